The lowest BCUT2D eigenvalue weighted by Gasteiger charge is -2.37. The van der Waals surface area contributed by atoms with Gasteiger partial charge in [-0.2, -0.15) is 0 Å². The molecule has 1 aromatic rings. The number of hydrogen-bond acceptors (Lipinski definition) is 3. The van der Waals surface area contributed by atoms with E-state index in [4.69, 9.17) is 0 Å². The van der Waals surface area contributed by atoms with Crippen molar-refractivity contribution in [1.29, 1.82) is 0 Å². The number of para-hydroxylation sites is 1. The molecule has 6 nitrogen and oxygen atoms in total. The fourth-order valence-corrected chi connectivity index (χ4v) is 2.94. The second-order valence-electron chi connectivity index (χ2n) is 6.53. The SMILES string of the molecule is CCC(C)NC(=O)CCNC(=NC)N1CCN(c2ccccc2F)CC1. The first-order chi connectivity index (χ1) is 12.5. The van der Waals surface area contributed by atoms with Crippen LogP contribution in [0, 0.1) is 5.82 Å². The minimum absolute atomic E-state index is 0.0478. The van der Waals surface area contributed by atoms with Crippen molar-refractivity contribution >= 4 is 17.6 Å². The third kappa shape index (κ3) is 5.61. The maximum absolute atomic E-state index is 13.9. The molecule has 1 saturated heterocycles. The smallest absolute Gasteiger partial charge is 0.221 e. The molecule has 0 saturated carbocycles. The van der Waals surface area contributed by atoms with Crippen LogP contribution in [0.25, 0.3) is 0 Å². The van der Waals surface area contributed by atoms with E-state index in [1.807, 2.05) is 26.0 Å². The van der Waals surface area contributed by atoms with Crippen LogP contribution in [0.4, 0.5) is 10.1 Å². The molecule has 1 amide bonds. The summed E-state index contributed by atoms with van der Waals surface area (Å²) < 4.78 is 13.9. The normalized spacial score (nSPS) is 16.4. The highest BCUT2D eigenvalue weighted by Crippen LogP contribution is 2.20. The van der Waals surface area contributed by atoms with Gasteiger partial charge in [0.1, 0.15) is 5.82 Å². The molecule has 7 heteroatoms. The first kappa shape index (κ1) is 20.0. The molecule has 26 heavy (non-hydrogen) atoms. The third-order valence-corrected chi connectivity index (χ3v) is 4.64. The van der Waals surface area contributed by atoms with E-state index >= 15 is 0 Å². The minimum Gasteiger partial charge on any atom is -0.366 e. The Morgan fingerprint density at radius 3 is 2.58 bits per heavy atom. The number of carbonyl (C=O) groups excluding carboxylic acids is 1. The monoisotopic (exact) mass is 363 g/mol. The summed E-state index contributed by atoms with van der Waals surface area (Å²) in [6, 6.07) is 7.07. The number of rotatable bonds is 6. The van der Waals surface area contributed by atoms with Gasteiger partial charge in [0.05, 0.1) is 5.69 Å². The van der Waals surface area contributed by atoms with E-state index in [1.54, 1.807) is 13.1 Å². The summed E-state index contributed by atoms with van der Waals surface area (Å²) in [7, 11) is 1.74. The van der Waals surface area contributed by atoms with E-state index in [1.165, 1.54) is 6.07 Å². The second-order valence-corrected chi connectivity index (χ2v) is 6.53. The van der Waals surface area contributed by atoms with Crippen LogP contribution in [0.5, 0.6) is 0 Å². The third-order valence-electron chi connectivity index (χ3n) is 4.64. The number of benzene rings is 1. The van der Waals surface area contributed by atoms with Crippen LogP contribution >= 0.6 is 0 Å². The number of anilines is 1. The Morgan fingerprint density at radius 1 is 1.27 bits per heavy atom. The Balaban J connectivity index is 1.78. The zero-order chi connectivity index (χ0) is 18.9. The summed E-state index contributed by atoms with van der Waals surface area (Å²) in [5.41, 5.74) is 0.650. The number of nitrogens with zero attached hydrogens (tertiary/aromatic N) is 3. The van der Waals surface area contributed by atoms with Crippen LogP contribution in [-0.2, 0) is 4.79 Å². The molecule has 144 valence electrons. The Morgan fingerprint density at radius 2 is 1.96 bits per heavy atom. The van der Waals surface area contributed by atoms with Gasteiger partial charge < -0.3 is 20.4 Å². The maximum Gasteiger partial charge on any atom is 0.221 e. The Hall–Kier alpha value is -2.31. The van der Waals surface area contributed by atoms with Crippen molar-refractivity contribution < 1.29 is 9.18 Å². The van der Waals surface area contributed by atoms with Gasteiger partial charge >= 0.3 is 0 Å². The molecule has 1 fully saturated rings. The number of halogens is 1. The summed E-state index contributed by atoms with van der Waals surface area (Å²) in [6.45, 7) is 7.57. The van der Waals surface area contributed by atoms with Crippen molar-refractivity contribution in [3.63, 3.8) is 0 Å². The number of hydrogen-bond donors (Lipinski definition) is 2. The molecule has 1 aliphatic heterocycles. The number of carbonyl (C=O) groups is 1. The summed E-state index contributed by atoms with van der Waals surface area (Å²) in [4.78, 5) is 20.3. The lowest BCUT2D eigenvalue weighted by molar-refractivity contribution is -0.121. The topological polar surface area (TPSA) is 60.0 Å². The van der Waals surface area contributed by atoms with Crippen LogP contribution in [0.1, 0.15) is 26.7 Å². The van der Waals surface area contributed by atoms with Crippen LogP contribution in [0.2, 0.25) is 0 Å². The molecule has 1 atom stereocenters. The van der Waals surface area contributed by atoms with E-state index in [9.17, 15) is 9.18 Å². The van der Waals surface area contributed by atoms with Crippen molar-refractivity contribution in [2.45, 2.75) is 32.7 Å². The molecular formula is C19H30FN5O. The number of piperazine rings is 1. The zero-order valence-corrected chi connectivity index (χ0v) is 16.0. The Kier molecular flexibility index (Phi) is 7.69. The van der Waals surface area contributed by atoms with Gasteiger partial charge in [-0.15, -0.1) is 0 Å². The van der Waals surface area contributed by atoms with Gasteiger partial charge in [-0.05, 0) is 25.5 Å². The van der Waals surface area contributed by atoms with Gasteiger partial charge in [0.2, 0.25) is 5.91 Å². The molecular weight excluding hydrogens is 333 g/mol. The predicted octanol–water partition coefficient (Wildman–Crippen LogP) is 1.83. The summed E-state index contributed by atoms with van der Waals surface area (Å²) in [6.07, 6.45) is 1.34. The number of guanidine groups is 1. The lowest BCUT2D eigenvalue weighted by atomic mass is 10.2. The zero-order valence-electron chi connectivity index (χ0n) is 16.0. The molecule has 1 aromatic carbocycles. The van der Waals surface area contributed by atoms with Crippen LogP contribution in [0.3, 0.4) is 0 Å². The highest BCUT2D eigenvalue weighted by molar-refractivity contribution is 5.81. The van der Waals surface area contributed by atoms with Gasteiger partial charge in [-0.25, -0.2) is 4.39 Å². The highest BCUT2D eigenvalue weighted by atomic mass is 19.1. The number of nitrogens with one attached hydrogen (secondary N) is 2. The van der Waals surface area contributed by atoms with Crippen molar-refractivity contribution in [2.24, 2.45) is 4.99 Å². The molecule has 1 heterocycles. The van der Waals surface area contributed by atoms with E-state index < -0.39 is 0 Å². The van der Waals surface area contributed by atoms with Crippen LogP contribution in [0.15, 0.2) is 29.3 Å². The molecule has 0 radical (unpaired) electrons. The first-order valence-corrected chi connectivity index (χ1v) is 9.29. The summed E-state index contributed by atoms with van der Waals surface area (Å²) >= 11 is 0. The molecule has 0 aliphatic carbocycles. The largest absolute Gasteiger partial charge is 0.366 e. The molecule has 2 N–H and O–H groups in total. The average molecular weight is 363 g/mol. The maximum atomic E-state index is 13.9. The quantitative estimate of drug-likeness (QED) is 0.598. The molecule has 0 aromatic heterocycles. The Bertz CT molecular complexity index is 614. The van der Waals surface area contributed by atoms with Crippen LogP contribution < -0.4 is 15.5 Å². The van der Waals surface area contributed by atoms with Gasteiger partial charge in [0.15, 0.2) is 5.96 Å². The Labute approximate surface area is 155 Å². The molecule has 1 aliphatic rings. The average Bonchev–Trinajstić information content (AvgIpc) is 2.66. The van der Waals surface area contributed by atoms with Gasteiger partial charge in [0.25, 0.3) is 0 Å². The van der Waals surface area contributed by atoms with E-state index in [2.05, 4.69) is 25.4 Å². The van der Waals surface area contributed by atoms with Crippen molar-refractivity contribution in [3.05, 3.63) is 30.1 Å². The molecule has 1 unspecified atom stereocenters. The van der Waals surface area contributed by atoms with Gasteiger partial charge in [-0.3, -0.25) is 9.79 Å². The van der Waals surface area contributed by atoms with Crippen LogP contribution in [-0.4, -0.2) is 62.6 Å². The summed E-state index contributed by atoms with van der Waals surface area (Å²) in [5.74, 6) is 0.650. The fraction of sp³-hybridized carbons (Fsp3) is 0.579. The molecule has 0 spiro atoms. The standard InChI is InChI=1S/C19H30FN5O/c1-4-15(2)23-18(26)9-10-22-19(21-3)25-13-11-24(12-14-25)17-8-6-5-7-16(17)20/h5-8,15H,4,9-14H2,1-3H3,(H,21,22)(H,23,26). The first-order valence-electron chi connectivity index (χ1n) is 9.29. The van der Waals surface area contributed by atoms with Crippen molar-refractivity contribution in [2.75, 3.05) is 44.7 Å². The van der Waals surface area contributed by atoms with Gasteiger partial charge in [0, 0.05) is 52.2 Å². The van der Waals surface area contributed by atoms with Crippen molar-refractivity contribution in [1.82, 2.24) is 15.5 Å². The lowest BCUT2D eigenvalue weighted by Crippen LogP contribution is -2.53. The number of amides is 1. The predicted molar refractivity (Wildman–Crippen MR) is 104 cm³/mol. The van der Waals surface area contributed by atoms with Gasteiger partial charge in [-0.1, -0.05) is 19.1 Å². The molecule has 0 bridgehead atoms. The van der Waals surface area contributed by atoms with Crippen molar-refractivity contribution in [3.8, 4) is 0 Å². The van der Waals surface area contributed by atoms with E-state index in [0.29, 0.717) is 18.7 Å². The van der Waals surface area contributed by atoms with E-state index in [0.717, 1.165) is 38.6 Å². The minimum atomic E-state index is -0.184. The number of aliphatic imine (C=N–C) groups is 1. The molecule has 2 rings (SSSR count). The fourth-order valence-electron chi connectivity index (χ4n) is 2.94. The highest BCUT2D eigenvalue weighted by Gasteiger charge is 2.21. The second kappa shape index (κ2) is 9.99. The van der Waals surface area contributed by atoms with E-state index in [-0.39, 0.29) is 17.8 Å². The summed E-state index contributed by atoms with van der Waals surface area (Å²) in [5, 5.41) is 6.21.